The van der Waals surface area contributed by atoms with Crippen molar-refractivity contribution >= 4 is 12.2 Å². The Morgan fingerprint density at radius 1 is 1.10 bits per heavy atom. The van der Waals surface area contributed by atoms with E-state index in [9.17, 15) is 0 Å². The molecule has 1 aromatic heterocycles. The number of hydrogen-bond donors (Lipinski definition) is 0. The normalized spacial score (nSPS) is 32.3. The molecule has 1 saturated carbocycles. The third-order valence-electron chi connectivity index (χ3n) is 6.77. The zero-order valence-electron chi connectivity index (χ0n) is 18.3. The molecule has 158 valence electrons. The van der Waals surface area contributed by atoms with Crippen LogP contribution in [-0.4, -0.2) is 21.4 Å². The summed E-state index contributed by atoms with van der Waals surface area (Å²) >= 11 is 0. The fraction of sp³-hybridized carbons (Fsp3) is 0.500. The van der Waals surface area contributed by atoms with Crippen molar-refractivity contribution < 1.29 is 9.47 Å². The van der Waals surface area contributed by atoms with Crippen molar-refractivity contribution in [1.82, 2.24) is 9.55 Å². The van der Waals surface area contributed by atoms with Crippen molar-refractivity contribution in [3.05, 3.63) is 65.8 Å². The monoisotopic (exact) mass is 404 g/mol. The lowest BCUT2D eigenvalue weighted by Crippen LogP contribution is -2.38. The molecule has 4 heteroatoms. The third-order valence-corrected chi connectivity index (χ3v) is 6.77. The molecule has 5 rings (SSSR count). The Bertz CT molecular complexity index is 959. The van der Waals surface area contributed by atoms with Crippen LogP contribution >= 0.6 is 0 Å². The third kappa shape index (κ3) is 3.79. The maximum Gasteiger partial charge on any atom is 0.170 e. The highest BCUT2D eigenvalue weighted by Gasteiger charge is 2.48. The molecule has 1 spiro atoms. The Morgan fingerprint density at radius 2 is 1.90 bits per heavy atom. The van der Waals surface area contributed by atoms with E-state index in [2.05, 4.69) is 85.0 Å². The minimum atomic E-state index is -0.446. The van der Waals surface area contributed by atoms with E-state index in [-0.39, 0.29) is 17.6 Å². The van der Waals surface area contributed by atoms with Gasteiger partial charge in [-0.1, -0.05) is 56.3 Å². The standard InChI is InChI=1S/C26H32N2O2/c1-19-24(21-9-5-4-6-10-21)30-26(29-19)13-7-8-20(16-26)17-28-18-27-22-11-14-25(2,3)15-12-23(22)28/h4-6,9-12,14-15,18-20,24H,7-8,13,16-17H2,1-3H3. The second-order valence-electron chi connectivity index (χ2n) is 9.80. The van der Waals surface area contributed by atoms with E-state index in [4.69, 9.17) is 9.47 Å². The van der Waals surface area contributed by atoms with Gasteiger partial charge in [-0.3, -0.25) is 0 Å². The average Bonchev–Trinajstić information content (AvgIpc) is 3.20. The summed E-state index contributed by atoms with van der Waals surface area (Å²) in [6.07, 6.45) is 15.2. The summed E-state index contributed by atoms with van der Waals surface area (Å²) in [6.45, 7) is 7.55. The molecule has 2 aromatic rings. The summed E-state index contributed by atoms with van der Waals surface area (Å²) in [5.74, 6) is 0.0744. The van der Waals surface area contributed by atoms with E-state index in [1.54, 1.807) is 0 Å². The summed E-state index contributed by atoms with van der Waals surface area (Å²) in [5.41, 5.74) is 3.55. The molecule has 1 aromatic carbocycles. The quantitative estimate of drug-likeness (QED) is 0.628. The predicted octanol–water partition coefficient (Wildman–Crippen LogP) is 6.01. The fourth-order valence-electron chi connectivity index (χ4n) is 5.19. The number of imidazole rings is 1. The summed E-state index contributed by atoms with van der Waals surface area (Å²) in [5, 5.41) is 0. The van der Waals surface area contributed by atoms with Crippen LogP contribution in [0.25, 0.3) is 12.2 Å². The molecule has 3 aliphatic rings. The number of benzene rings is 1. The predicted molar refractivity (Wildman–Crippen MR) is 120 cm³/mol. The van der Waals surface area contributed by atoms with Crippen LogP contribution in [0.5, 0.6) is 0 Å². The molecule has 0 amide bonds. The number of rotatable bonds is 3. The van der Waals surface area contributed by atoms with E-state index in [1.165, 1.54) is 17.7 Å². The molecular formula is C26H32N2O2. The minimum Gasteiger partial charge on any atom is -0.344 e. The minimum absolute atomic E-state index is 0.0183. The summed E-state index contributed by atoms with van der Waals surface area (Å²) in [4.78, 5) is 4.66. The number of hydrogen-bond acceptors (Lipinski definition) is 3. The van der Waals surface area contributed by atoms with Crippen molar-refractivity contribution in [1.29, 1.82) is 0 Å². The van der Waals surface area contributed by atoms with Crippen molar-refractivity contribution in [3.8, 4) is 0 Å². The summed E-state index contributed by atoms with van der Waals surface area (Å²) in [7, 11) is 0. The maximum atomic E-state index is 6.63. The van der Waals surface area contributed by atoms with Gasteiger partial charge in [-0.05, 0) is 43.4 Å². The van der Waals surface area contributed by atoms with Crippen LogP contribution in [-0.2, 0) is 16.0 Å². The lowest BCUT2D eigenvalue weighted by Gasteiger charge is -2.37. The highest BCUT2D eigenvalue weighted by atomic mass is 16.8. The van der Waals surface area contributed by atoms with Crippen molar-refractivity contribution in [3.63, 3.8) is 0 Å². The zero-order valence-corrected chi connectivity index (χ0v) is 18.3. The second-order valence-corrected chi connectivity index (χ2v) is 9.80. The van der Waals surface area contributed by atoms with Crippen LogP contribution in [0.4, 0.5) is 0 Å². The van der Waals surface area contributed by atoms with Gasteiger partial charge in [0.15, 0.2) is 5.79 Å². The van der Waals surface area contributed by atoms with Gasteiger partial charge >= 0.3 is 0 Å². The van der Waals surface area contributed by atoms with Crippen LogP contribution in [0.2, 0.25) is 0 Å². The highest BCUT2D eigenvalue weighted by Crippen LogP contribution is 2.47. The molecule has 30 heavy (non-hydrogen) atoms. The number of ether oxygens (including phenoxy) is 2. The van der Waals surface area contributed by atoms with Crippen LogP contribution < -0.4 is 0 Å². The number of nitrogens with zero attached hydrogens (tertiary/aromatic N) is 2. The van der Waals surface area contributed by atoms with E-state index < -0.39 is 5.79 Å². The van der Waals surface area contributed by atoms with Crippen molar-refractivity contribution in [2.45, 2.75) is 71.0 Å². The van der Waals surface area contributed by atoms with Crippen molar-refractivity contribution in [2.75, 3.05) is 0 Å². The van der Waals surface area contributed by atoms with Gasteiger partial charge in [0.1, 0.15) is 6.10 Å². The summed E-state index contributed by atoms with van der Waals surface area (Å²) < 4.78 is 15.4. The molecule has 1 saturated heterocycles. The average molecular weight is 405 g/mol. The van der Waals surface area contributed by atoms with Gasteiger partial charge in [0.25, 0.3) is 0 Å². The maximum absolute atomic E-state index is 6.63. The first-order chi connectivity index (χ1) is 14.4. The van der Waals surface area contributed by atoms with E-state index in [1.807, 2.05) is 6.33 Å². The van der Waals surface area contributed by atoms with Crippen molar-refractivity contribution in [2.24, 2.45) is 11.3 Å². The molecule has 2 fully saturated rings. The highest BCUT2D eigenvalue weighted by molar-refractivity contribution is 5.64. The molecule has 2 heterocycles. The van der Waals surface area contributed by atoms with E-state index in [0.29, 0.717) is 5.92 Å². The zero-order chi connectivity index (χ0) is 20.8. The van der Waals surface area contributed by atoms with Gasteiger partial charge in [0, 0.05) is 24.8 Å². The van der Waals surface area contributed by atoms with Gasteiger partial charge < -0.3 is 14.0 Å². The van der Waals surface area contributed by atoms with Crippen LogP contribution in [0, 0.1) is 11.3 Å². The summed E-state index contributed by atoms with van der Waals surface area (Å²) in [6, 6.07) is 10.5. The van der Waals surface area contributed by atoms with Gasteiger partial charge in [-0.15, -0.1) is 0 Å². The Hall–Kier alpha value is -2.17. The van der Waals surface area contributed by atoms with Crippen LogP contribution in [0.1, 0.15) is 69.5 Å². The molecule has 2 aliphatic carbocycles. The molecule has 4 atom stereocenters. The molecular weight excluding hydrogens is 372 g/mol. The topological polar surface area (TPSA) is 36.3 Å². The Kier molecular flexibility index (Phi) is 4.95. The van der Waals surface area contributed by atoms with Gasteiger partial charge in [0.05, 0.1) is 23.8 Å². The first-order valence-corrected chi connectivity index (χ1v) is 11.3. The Balaban J connectivity index is 1.32. The smallest absolute Gasteiger partial charge is 0.170 e. The van der Waals surface area contributed by atoms with Gasteiger partial charge in [0.2, 0.25) is 0 Å². The Labute approximate surface area is 179 Å². The number of aromatic nitrogens is 2. The van der Waals surface area contributed by atoms with Gasteiger partial charge in [-0.2, -0.15) is 0 Å². The SMILES string of the molecule is CC1OC2(CCCC(Cn3cnc4c3C=CC(C)(C)C=C4)C2)OC1c1ccccc1. The lowest BCUT2D eigenvalue weighted by molar-refractivity contribution is -0.203. The lowest BCUT2D eigenvalue weighted by atomic mass is 9.84. The second kappa shape index (κ2) is 7.51. The van der Waals surface area contributed by atoms with Crippen LogP contribution in [0.15, 0.2) is 48.8 Å². The molecule has 0 bridgehead atoms. The number of allylic oxidation sites excluding steroid dienone is 2. The molecule has 4 unspecified atom stereocenters. The van der Waals surface area contributed by atoms with Gasteiger partial charge in [-0.25, -0.2) is 4.98 Å². The Morgan fingerprint density at radius 3 is 2.73 bits per heavy atom. The first kappa shape index (κ1) is 19.8. The molecule has 0 N–H and O–H groups in total. The fourth-order valence-corrected chi connectivity index (χ4v) is 5.19. The molecule has 4 nitrogen and oxygen atoms in total. The first-order valence-electron chi connectivity index (χ1n) is 11.3. The number of fused-ring (bicyclic) bond motifs is 1. The van der Waals surface area contributed by atoms with Crippen LogP contribution in [0.3, 0.4) is 0 Å². The van der Waals surface area contributed by atoms with E-state index in [0.717, 1.165) is 31.5 Å². The molecule has 1 aliphatic heterocycles. The van der Waals surface area contributed by atoms with E-state index >= 15 is 0 Å². The molecule has 0 radical (unpaired) electrons. The largest absolute Gasteiger partial charge is 0.344 e.